The van der Waals surface area contributed by atoms with E-state index in [4.69, 9.17) is 0 Å². The van der Waals surface area contributed by atoms with Crippen molar-refractivity contribution in [2.24, 2.45) is 0 Å². The van der Waals surface area contributed by atoms with Crippen molar-refractivity contribution in [2.45, 2.75) is 19.4 Å². The highest BCUT2D eigenvalue weighted by Crippen LogP contribution is 2.10. The lowest BCUT2D eigenvalue weighted by Gasteiger charge is -2.14. The van der Waals surface area contributed by atoms with Crippen molar-refractivity contribution in [3.63, 3.8) is 0 Å². The SMILES string of the molecule is CCC(CBr)NC(=O)c1ccc(F)cc1F. The molecule has 0 bridgehead atoms. The lowest BCUT2D eigenvalue weighted by Crippen LogP contribution is -2.35. The largest absolute Gasteiger partial charge is 0.348 e. The molecule has 0 fully saturated rings. The van der Waals surface area contributed by atoms with Gasteiger partial charge in [-0.05, 0) is 18.6 Å². The molecule has 0 spiro atoms. The van der Waals surface area contributed by atoms with Gasteiger partial charge in [-0.3, -0.25) is 4.79 Å². The maximum atomic E-state index is 13.2. The maximum absolute atomic E-state index is 13.2. The third-order valence-electron chi connectivity index (χ3n) is 2.19. The summed E-state index contributed by atoms with van der Waals surface area (Å²) in [4.78, 5) is 11.6. The molecule has 1 N–H and O–H groups in total. The van der Waals surface area contributed by atoms with Crippen LogP contribution in [-0.2, 0) is 0 Å². The van der Waals surface area contributed by atoms with Crippen LogP contribution in [0.5, 0.6) is 0 Å². The van der Waals surface area contributed by atoms with E-state index >= 15 is 0 Å². The minimum absolute atomic E-state index is 0.0584. The molecular formula is C11H12BrF2NO. The first-order valence-corrected chi connectivity index (χ1v) is 6.02. The van der Waals surface area contributed by atoms with Gasteiger partial charge in [0.15, 0.2) is 0 Å². The first-order chi connectivity index (χ1) is 7.58. The summed E-state index contributed by atoms with van der Waals surface area (Å²) in [6.07, 6.45) is 0.736. The summed E-state index contributed by atoms with van der Waals surface area (Å²) in [7, 11) is 0. The molecule has 5 heteroatoms. The fourth-order valence-corrected chi connectivity index (χ4v) is 1.81. The van der Waals surface area contributed by atoms with Crippen molar-refractivity contribution in [1.82, 2.24) is 5.32 Å². The lowest BCUT2D eigenvalue weighted by molar-refractivity contribution is 0.0936. The number of alkyl halides is 1. The van der Waals surface area contributed by atoms with Gasteiger partial charge in [0.1, 0.15) is 11.6 Å². The van der Waals surface area contributed by atoms with Crippen molar-refractivity contribution >= 4 is 21.8 Å². The predicted octanol–water partition coefficient (Wildman–Crippen LogP) is 2.87. The third-order valence-corrected chi connectivity index (χ3v) is 2.97. The van der Waals surface area contributed by atoms with Crippen LogP contribution in [-0.4, -0.2) is 17.3 Å². The third kappa shape index (κ3) is 3.27. The molecule has 0 aromatic heterocycles. The monoisotopic (exact) mass is 291 g/mol. The fraction of sp³-hybridized carbons (Fsp3) is 0.364. The molecule has 16 heavy (non-hydrogen) atoms. The van der Waals surface area contributed by atoms with E-state index in [1.165, 1.54) is 0 Å². The first kappa shape index (κ1) is 13.1. The van der Waals surface area contributed by atoms with E-state index in [2.05, 4.69) is 21.2 Å². The van der Waals surface area contributed by atoms with Gasteiger partial charge in [-0.2, -0.15) is 0 Å². The van der Waals surface area contributed by atoms with Crippen LogP contribution in [0.15, 0.2) is 18.2 Å². The van der Waals surface area contributed by atoms with Gasteiger partial charge in [-0.25, -0.2) is 8.78 Å². The van der Waals surface area contributed by atoms with Crippen LogP contribution >= 0.6 is 15.9 Å². The summed E-state index contributed by atoms with van der Waals surface area (Å²) < 4.78 is 25.9. The van der Waals surface area contributed by atoms with E-state index in [0.717, 1.165) is 18.6 Å². The van der Waals surface area contributed by atoms with Crippen molar-refractivity contribution in [3.05, 3.63) is 35.4 Å². The number of hydrogen-bond donors (Lipinski definition) is 1. The summed E-state index contributed by atoms with van der Waals surface area (Å²) in [6.45, 7) is 1.91. The molecule has 1 amide bonds. The molecular weight excluding hydrogens is 280 g/mol. The second kappa shape index (κ2) is 5.94. The number of hydrogen-bond acceptors (Lipinski definition) is 1. The van der Waals surface area contributed by atoms with Gasteiger partial charge in [-0.1, -0.05) is 22.9 Å². The van der Waals surface area contributed by atoms with Gasteiger partial charge < -0.3 is 5.32 Å². The Kier molecular flexibility index (Phi) is 4.86. The highest BCUT2D eigenvalue weighted by molar-refractivity contribution is 9.09. The van der Waals surface area contributed by atoms with Crippen LogP contribution in [0.25, 0.3) is 0 Å². The molecule has 0 heterocycles. The van der Waals surface area contributed by atoms with Crippen molar-refractivity contribution in [1.29, 1.82) is 0 Å². The van der Waals surface area contributed by atoms with E-state index in [1.807, 2.05) is 6.92 Å². The zero-order valence-corrected chi connectivity index (χ0v) is 10.4. The molecule has 88 valence electrons. The van der Waals surface area contributed by atoms with Crippen molar-refractivity contribution in [3.8, 4) is 0 Å². The van der Waals surface area contributed by atoms with Crippen LogP contribution < -0.4 is 5.32 Å². The Morgan fingerprint density at radius 2 is 2.19 bits per heavy atom. The molecule has 1 unspecified atom stereocenters. The average Bonchev–Trinajstić information content (AvgIpc) is 2.25. The zero-order chi connectivity index (χ0) is 12.1. The van der Waals surface area contributed by atoms with Crippen molar-refractivity contribution in [2.75, 3.05) is 5.33 Å². The van der Waals surface area contributed by atoms with Crippen LogP contribution in [0, 0.1) is 11.6 Å². The van der Waals surface area contributed by atoms with E-state index in [-0.39, 0.29) is 11.6 Å². The smallest absolute Gasteiger partial charge is 0.254 e. The fourth-order valence-electron chi connectivity index (χ4n) is 1.19. The Morgan fingerprint density at radius 1 is 1.50 bits per heavy atom. The Hall–Kier alpha value is -0.970. The van der Waals surface area contributed by atoms with Gasteiger partial charge in [0.2, 0.25) is 0 Å². The number of rotatable bonds is 4. The quantitative estimate of drug-likeness (QED) is 0.849. The molecule has 1 atom stereocenters. The summed E-state index contributed by atoms with van der Waals surface area (Å²) in [6, 6.07) is 2.84. The molecule has 0 aliphatic rings. The highest BCUT2D eigenvalue weighted by atomic mass is 79.9. The zero-order valence-electron chi connectivity index (χ0n) is 8.77. The van der Waals surface area contributed by atoms with Gasteiger partial charge in [0.05, 0.1) is 5.56 Å². The number of carbonyl (C=O) groups excluding carboxylic acids is 1. The molecule has 1 rings (SSSR count). The molecule has 0 radical (unpaired) electrons. The summed E-state index contributed by atoms with van der Waals surface area (Å²) in [5.41, 5.74) is -0.138. The maximum Gasteiger partial charge on any atom is 0.254 e. The standard InChI is InChI=1S/C11H12BrF2NO/c1-2-8(6-12)15-11(16)9-4-3-7(13)5-10(9)14/h3-5,8H,2,6H2,1H3,(H,15,16). The van der Waals surface area contributed by atoms with Crippen LogP contribution in [0.4, 0.5) is 8.78 Å². The van der Waals surface area contributed by atoms with Crippen molar-refractivity contribution < 1.29 is 13.6 Å². The summed E-state index contributed by atoms with van der Waals surface area (Å²) in [5.74, 6) is -2.06. The second-order valence-corrected chi connectivity index (χ2v) is 4.00. The van der Waals surface area contributed by atoms with Gasteiger partial charge >= 0.3 is 0 Å². The molecule has 0 saturated heterocycles. The van der Waals surface area contributed by atoms with Gasteiger partial charge in [0, 0.05) is 17.4 Å². The van der Waals surface area contributed by atoms with E-state index in [9.17, 15) is 13.6 Å². The Labute approximate surface area is 101 Å². The normalized spacial score (nSPS) is 12.2. The predicted molar refractivity (Wildman–Crippen MR) is 61.7 cm³/mol. The average molecular weight is 292 g/mol. The Morgan fingerprint density at radius 3 is 2.69 bits per heavy atom. The molecule has 1 aromatic rings. The Bertz CT molecular complexity index is 380. The van der Waals surface area contributed by atoms with E-state index in [1.54, 1.807) is 0 Å². The summed E-state index contributed by atoms with van der Waals surface area (Å²) in [5, 5.41) is 3.24. The summed E-state index contributed by atoms with van der Waals surface area (Å²) >= 11 is 3.24. The number of nitrogens with one attached hydrogen (secondary N) is 1. The number of halogens is 3. The Balaban J connectivity index is 2.80. The van der Waals surface area contributed by atoms with Gasteiger partial charge in [-0.15, -0.1) is 0 Å². The lowest BCUT2D eigenvalue weighted by atomic mass is 10.1. The minimum atomic E-state index is -0.845. The van der Waals surface area contributed by atoms with Gasteiger partial charge in [0.25, 0.3) is 5.91 Å². The van der Waals surface area contributed by atoms with Crippen LogP contribution in [0.2, 0.25) is 0 Å². The second-order valence-electron chi connectivity index (χ2n) is 3.36. The molecule has 0 saturated carbocycles. The number of amides is 1. The molecule has 2 nitrogen and oxygen atoms in total. The molecule has 0 aliphatic carbocycles. The van der Waals surface area contributed by atoms with Crippen LogP contribution in [0.1, 0.15) is 23.7 Å². The molecule has 1 aromatic carbocycles. The highest BCUT2D eigenvalue weighted by Gasteiger charge is 2.15. The topological polar surface area (TPSA) is 29.1 Å². The minimum Gasteiger partial charge on any atom is -0.348 e. The first-order valence-electron chi connectivity index (χ1n) is 4.90. The molecule has 0 aliphatic heterocycles. The van der Waals surface area contributed by atoms with E-state index in [0.29, 0.717) is 11.4 Å². The number of carbonyl (C=O) groups is 1. The number of benzene rings is 1. The van der Waals surface area contributed by atoms with Crippen LogP contribution in [0.3, 0.4) is 0 Å². The van der Waals surface area contributed by atoms with E-state index < -0.39 is 17.5 Å².